The third kappa shape index (κ3) is 6.84. The molecule has 3 heterocycles. The second-order valence-corrected chi connectivity index (χ2v) is 12.9. The maximum Gasteiger partial charge on any atom is 0.323 e. The van der Waals surface area contributed by atoms with E-state index < -0.39 is 28.2 Å². The van der Waals surface area contributed by atoms with Crippen molar-refractivity contribution in [3.05, 3.63) is 46.7 Å². The molecule has 1 aliphatic heterocycles. The van der Waals surface area contributed by atoms with Gasteiger partial charge < -0.3 is 34.4 Å². The maximum atomic E-state index is 13.5. The number of rotatable bonds is 8. The van der Waals surface area contributed by atoms with Crippen molar-refractivity contribution in [2.24, 2.45) is 5.92 Å². The molecule has 3 amide bonds. The SMILES string of the molecule is Cc1noc(C)c1NC(=O)Nc1ccc2c(c1)CC(=O)N([C@H](C)CO)C[C@H](C)[C@@H](CN(C)S(=O)(=O)c1c(C)noc1C)O2. The molecule has 234 valence electrons. The number of sulfonamides is 1. The lowest BCUT2D eigenvalue weighted by Gasteiger charge is -2.33. The van der Waals surface area contributed by atoms with Gasteiger partial charge in [-0.05, 0) is 52.8 Å². The standard InChI is InChI=1S/C28H38N6O8S/c1-15-12-34(16(2)14-35)25(36)11-21-10-22(29-28(37)30-26-17(3)31-41-19(26)5)8-9-23(21)40-24(15)13-33(7)43(38,39)27-18(4)32-42-20(27)6/h8-10,15-16,24,35H,11-14H2,1-7H3,(H2,29,30,37)/t15-,16+,24+/m0/s1. The Kier molecular flexibility index (Phi) is 9.47. The molecule has 1 aromatic carbocycles. The predicted octanol–water partition coefficient (Wildman–Crippen LogP) is 3.01. The first-order chi connectivity index (χ1) is 20.2. The minimum Gasteiger partial charge on any atom is -0.488 e. The molecule has 4 rings (SSSR count). The number of nitrogens with one attached hydrogen (secondary N) is 2. The van der Waals surface area contributed by atoms with E-state index in [1.54, 1.807) is 50.8 Å². The van der Waals surface area contributed by atoms with Crippen LogP contribution >= 0.6 is 0 Å². The van der Waals surface area contributed by atoms with Crippen molar-refractivity contribution in [1.82, 2.24) is 19.5 Å². The van der Waals surface area contributed by atoms with Gasteiger partial charge in [0.05, 0.1) is 25.6 Å². The number of carbonyl (C=O) groups excluding carboxylic acids is 2. The smallest absolute Gasteiger partial charge is 0.323 e. The third-order valence-electron chi connectivity index (χ3n) is 7.52. The van der Waals surface area contributed by atoms with E-state index in [0.717, 1.165) is 0 Å². The van der Waals surface area contributed by atoms with E-state index >= 15 is 0 Å². The van der Waals surface area contributed by atoms with E-state index in [1.165, 1.54) is 18.3 Å². The van der Waals surface area contributed by atoms with Crippen molar-refractivity contribution in [2.75, 3.05) is 37.4 Å². The van der Waals surface area contributed by atoms with Crippen LogP contribution in [0.1, 0.15) is 42.3 Å². The number of fused-ring (bicyclic) bond motifs is 1. The predicted molar refractivity (Wildman–Crippen MR) is 156 cm³/mol. The van der Waals surface area contributed by atoms with Gasteiger partial charge in [0.25, 0.3) is 0 Å². The van der Waals surface area contributed by atoms with Crippen LogP contribution in [0, 0.1) is 33.6 Å². The van der Waals surface area contributed by atoms with Crippen molar-refractivity contribution >= 4 is 33.3 Å². The lowest BCUT2D eigenvalue weighted by atomic mass is 10.0. The summed E-state index contributed by atoms with van der Waals surface area (Å²) in [5, 5.41) is 23.0. The summed E-state index contributed by atoms with van der Waals surface area (Å²) in [7, 11) is -2.52. The van der Waals surface area contributed by atoms with Gasteiger partial charge in [-0.15, -0.1) is 0 Å². The molecule has 3 atom stereocenters. The van der Waals surface area contributed by atoms with E-state index in [-0.39, 0.29) is 54.3 Å². The minimum atomic E-state index is -3.97. The lowest BCUT2D eigenvalue weighted by molar-refractivity contribution is -0.134. The first-order valence-corrected chi connectivity index (χ1v) is 15.3. The number of nitrogens with zero attached hydrogens (tertiary/aromatic N) is 4. The highest BCUT2D eigenvalue weighted by molar-refractivity contribution is 7.89. The van der Waals surface area contributed by atoms with Crippen LogP contribution in [0.15, 0.2) is 32.1 Å². The number of anilines is 2. The van der Waals surface area contributed by atoms with Crippen LogP contribution in [0.5, 0.6) is 5.75 Å². The highest BCUT2D eigenvalue weighted by Gasteiger charge is 2.35. The van der Waals surface area contributed by atoms with Crippen LogP contribution in [0.25, 0.3) is 0 Å². The molecule has 0 unspecified atom stereocenters. The van der Waals surface area contributed by atoms with Gasteiger partial charge in [0, 0.05) is 30.8 Å². The molecule has 0 radical (unpaired) electrons. The number of aliphatic hydroxyl groups excluding tert-OH is 1. The number of ether oxygens (including phenoxy) is 1. The number of hydrogen-bond donors (Lipinski definition) is 3. The molecular formula is C28H38N6O8S. The normalized spacial score (nSPS) is 18.3. The fourth-order valence-corrected chi connectivity index (χ4v) is 6.48. The number of aliphatic hydroxyl groups is 1. The van der Waals surface area contributed by atoms with Gasteiger partial charge in [0.2, 0.25) is 15.9 Å². The summed E-state index contributed by atoms with van der Waals surface area (Å²) in [6.45, 7) is 10.0. The van der Waals surface area contributed by atoms with Gasteiger partial charge >= 0.3 is 6.03 Å². The number of likely N-dealkylation sites (N-methyl/N-ethyl adjacent to an activating group) is 1. The molecule has 3 aromatic rings. The number of hydrogen-bond acceptors (Lipinski definition) is 10. The number of benzene rings is 1. The van der Waals surface area contributed by atoms with Crippen molar-refractivity contribution in [1.29, 1.82) is 0 Å². The Morgan fingerprint density at radius 3 is 2.42 bits per heavy atom. The fourth-order valence-electron chi connectivity index (χ4n) is 5.01. The van der Waals surface area contributed by atoms with Crippen molar-refractivity contribution < 1.29 is 36.9 Å². The van der Waals surface area contributed by atoms with E-state index in [2.05, 4.69) is 20.9 Å². The Labute approximate surface area is 250 Å². The maximum absolute atomic E-state index is 13.5. The fraction of sp³-hybridized carbons (Fsp3) is 0.500. The molecule has 2 aromatic heterocycles. The van der Waals surface area contributed by atoms with Crippen molar-refractivity contribution in [2.45, 2.75) is 65.0 Å². The molecule has 0 saturated carbocycles. The van der Waals surface area contributed by atoms with E-state index in [9.17, 15) is 23.1 Å². The van der Waals surface area contributed by atoms with Crippen LogP contribution in [0.4, 0.5) is 16.2 Å². The summed E-state index contributed by atoms with van der Waals surface area (Å²) in [5.74, 6) is 0.451. The van der Waals surface area contributed by atoms with Gasteiger partial charge in [0.1, 0.15) is 33.8 Å². The van der Waals surface area contributed by atoms with Crippen LogP contribution in [-0.4, -0.2) is 83.9 Å². The zero-order valence-electron chi connectivity index (χ0n) is 25.3. The van der Waals surface area contributed by atoms with Crippen LogP contribution in [-0.2, 0) is 21.2 Å². The quantitative estimate of drug-likeness (QED) is 0.340. The van der Waals surface area contributed by atoms with Crippen LogP contribution in [0.3, 0.4) is 0 Å². The summed E-state index contributed by atoms with van der Waals surface area (Å²) in [5.41, 5.74) is 2.14. The number of aromatic nitrogens is 2. The monoisotopic (exact) mass is 618 g/mol. The number of amides is 3. The molecule has 0 aliphatic carbocycles. The summed E-state index contributed by atoms with van der Waals surface area (Å²) < 4.78 is 44.7. The lowest BCUT2D eigenvalue weighted by Crippen LogP contribution is -2.48. The minimum absolute atomic E-state index is 0.00223. The average molecular weight is 619 g/mol. The van der Waals surface area contributed by atoms with E-state index in [0.29, 0.717) is 34.1 Å². The Balaban J connectivity index is 1.64. The van der Waals surface area contributed by atoms with Gasteiger partial charge in [-0.3, -0.25) is 4.79 Å². The average Bonchev–Trinajstić information content (AvgIpc) is 3.47. The molecule has 43 heavy (non-hydrogen) atoms. The molecular weight excluding hydrogens is 580 g/mol. The first kappa shape index (κ1) is 32.0. The molecule has 14 nitrogen and oxygen atoms in total. The van der Waals surface area contributed by atoms with Gasteiger partial charge in [-0.1, -0.05) is 17.2 Å². The van der Waals surface area contributed by atoms with Crippen LogP contribution < -0.4 is 15.4 Å². The number of carbonyl (C=O) groups is 2. The molecule has 15 heteroatoms. The van der Waals surface area contributed by atoms with Gasteiger partial charge in [0.15, 0.2) is 11.5 Å². The third-order valence-corrected chi connectivity index (χ3v) is 9.59. The van der Waals surface area contributed by atoms with Gasteiger partial charge in [-0.25, -0.2) is 13.2 Å². The second kappa shape index (κ2) is 12.7. The summed E-state index contributed by atoms with van der Waals surface area (Å²) >= 11 is 0. The summed E-state index contributed by atoms with van der Waals surface area (Å²) in [6.07, 6.45) is -0.743. The number of aryl methyl sites for hydroxylation is 4. The van der Waals surface area contributed by atoms with Crippen molar-refractivity contribution in [3.63, 3.8) is 0 Å². The molecule has 1 aliphatic rings. The number of urea groups is 1. The second-order valence-electron chi connectivity index (χ2n) is 10.9. The van der Waals surface area contributed by atoms with E-state index in [1.807, 2.05) is 6.92 Å². The molecule has 0 fully saturated rings. The molecule has 3 N–H and O–H groups in total. The van der Waals surface area contributed by atoms with Gasteiger partial charge in [-0.2, -0.15) is 4.31 Å². The Hall–Kier alpha value is -3.95. The Morgan fingerprint density at radius 2 is 1.81 bits per heavy atom. The highest BCUT2D eigenvalue weighted by atomic mass is 32.2. The molecule has 0 spiro atoms. The Bertz CT molecular complexity index is 1560. The topological polar surface area (TPSA) is 180 Å². The first-order valence-electron chi connectivity index (χ1n) is 13.8. The van der Waals surface area contributed by atoms with Crippen molar-refractivity contribution in [3.8, 4) is 5.75 Å². The zero-order valence-corrected chi connectivity index (χ0v) is 26.1. The largest absolute Gasteiger partial charge is 0.488 e. The molecule has 0 bridgehead atoms. The highest BCUT2D eigenvalue weighted by Crippen LogP contribution is 2.31. The van der Waals surface area contributed by atoms with Crippen LogP contribution in [0.2, 0.25) is 0 Å². The zero-order chi connectivity index (χ0) is 31.6. The van der Waals surface area contributed by atoms with E-state index in [4.69, 9.17) is 13.8 Å². The Morgan fingerprint density at radius 1 is 1.14 bits per heavy atom. The summed E-state index contributed by atoms with van der Waals surface area (Å²) in [6, 6.07) is 3.90. The summed E-state index contributed by atoms with van der Waals surface area (Å²) in [4.78, 5) is 27.8. The molecule has 0 saturated heterocycles.